The van der Waals surface area contributed by atoms with Gasteiger partial charge < -0.3 is 9.55 Å². The molecule has 0 aliphatic heterocycles. The highest BCUT2D eigenvalue weighted by Crippen LogP contribution is 2.09. The predicted octanol–water partition coefficient (Wildman–Crippen LogP) is 1.63. The zero-order valence-corrected chi connectivity index (χ0v) is 11.9. The Labute approximate surface area is 124 Å². The van der Waals surface area contributed by atoms with Crippen LogP contribution in [0.3, 0.4) is 0 Å². The van der Waals surface area contributed by atoms with Crippen molar-refractivity contribution in [2.24, 2.45) is 0 Å². The van der Waals surface area contributed by atoms with E-state index >= 15 is 0 Å². The van der Waals surface area contributed by atoms with Crippen molar-refractivity contribution in [2.45, 2.75) is 19.5 Å². The Kier molecular flexibility index (Phi) is 3.62. The van der Waals surface area contributed by atoms with Crippen molar-refractivity contribution in [2.75, 3.05) is 0 Å². The van der Waals surface area contributed by atoms with E-state index in [9.17, 15) is 9.59 Å². The van der Waals surface area contributed by atoms with E-state index in [1.165, 1.54) is 10.8 Å². The highest BCUT2D eigenvalue weighted by molar-refractivity contribution is 6.29. The number of para-hydroxylation sites is 2. The Bertz CT molecular complexity index is 894. The Morgan fingerprint density at radius 1 is 1.19 bits per heavy atom. The molecule has 0 bridgehead atoms. The summed E-state index contributed by atoms with van der Waals surface area (Å²) in [4.78, 5) is 30.2. The van der Waals surface area contributed by atoms with Crippen LogP contribution < -0.4 is 11.2 Å². The molecule has 7 heteroatoms. The van der Waals surface area contributed by atoms with Gasteiger partial charge in [0.25, 0.3) is 5.56 Å². The van der Waals surface area contributed by atoms with E-state index in [0.717, 1.165) is 11.0 Å². The summed E-state index contributed by atoms with van der Waals surface area (Å²) in [6.45, 7) is 1.00. The molecular formula is C14H13ClN4O2. The first-order valence-corrected chi connectivity index (χ1v) is 6.93. The minimum atomic E-state index is -0.314. The molecule has 0 aliphatic rings. The molecule has 0 atom stereocenters. The molecule has 0 fully saturated rings. The van der Waals surface area contributed by atoms with Gasteiger partial charge in [0.15, 0.2) is 5.15 Å². The van der Waals surface area contributed by atoms with E-state index in [2.05, 4.69) is 9.97 Å². The minimum absolute atomic E-state index is 0.0400. The molecular weight excluding hydrogens is 292 g/mol. The van der Waals surface area contributed by atoms with Crippen molar-refractivity contribution in [3.05, 3.63) is 62.7 Å². The molecule has 0 saturated carbocycles. The van der Waals surface area contributed by atoms with Gasteiger partial charge in [-0.1, -0.05) is 23.7 Å². The molecule has 108 valence electrons. The van der Waals surface area contributed by atoms with Crippen LogP contribution in [-0.2, 0) is 13.1 Å². The topological polar surface area (TPSA) is 72.7 Å². The number of rotatable bonds is 4. The van der Waals surface area contributed by atoms with E-state index < -0.39 is 0 Å². The van der Waals surface area contributed by atoms with E-state index in [1.54, 1.807) is 10.8 Å². The number of hydrogen-bond donors (Lipinski definition) is 1. The van der Waals surface area contributed by atoms with Crippen LogP contribution in [0.1, 0.15) is 6.42 Å². The molecule has 0 aliphatic carbocycles. The van der Waals surface area contributed by atoms with Crippen molar-refractivity contribution in [3.8, 4) is 0 Å². The molecule has 3 rings (SSSR count). The van der Waals surface area contributed by atoms with Crippen molar-refractivity contribution in [1.29, 1.82) is 0 Å². The highest BCUT2D eigenvalue weighted by Gasteiger charge is 2.06. The average molecular weight is 305 g/mol. The number of aromatic amines is 1. The Morgan fingerprint density at radius 3 is 2.86 bits per heavy atom. The average Bonchev–Trinajstić information content (AvgIpc) is 2.80. The van der Waals surface area contributed by atoms with Gasteiger partial charge in [-0.2, -0.15) is 0 Å². The van der Waals surface area contributed by atoms with Gasteiger partial charge in [-0.05, 0) is 18.6 Å². The maximum absolute atomic E-state index is 11.9. The van der Waals surface area contributed by atoms with E-state index in [0.29, 0.717) is 19.5 Å². The molecule has 0 spiro atoms. The maximum Gasteiger partial charge on any atom is 0.326 e. The Hall–Kier alpha value is -2.34. The molecule has 1 aromatic carbocycles. The number of halogens is 1. The van der Waals surface area contributed by atoms with Gasteiger partial charge in [0, 0.05) is 25.5 Å². The number of nitrogens with one attached hydrogen (secondary N) is 1. The molecule has 0 unspecified atom stereocenters. The van der Waals surface area contributed by atoms with Gasteiger partial charge in [0.1, 0.15) is 0 Å². The number of fused-ring (bicyclic) bond motifs is 1. The summed E-state index contributed by atoms with van der Waals surface area (Å²) in [5.74, 6) is 0. The molecule has 0 amide bonds. The lowest BCUT2D eigenvalue weighted by Gasteiger charge is -2.06. The van der Waals surface area contributed by atoms with Crippen molar-refractivity contribution < 1.29 is 0 Å². The fourth-order valence-corrected chi connectivity index (χ4v) is 2.49. The largest absolute Gasteiger partial charge is 0.326 e. The number of aromatic nitrogens is 4. The van der Waals surface area contributed by atoms with Crippen molar-refractivity contribution >= 4 is 22.6 Å². The second kappa shape index (κ2) is 5.57. The first kappa shape index (κ1) is 13.6. The Balaban J connectivity index is 1.78. The normalized spacial score (nSPS) is 11.1. The quantitative estimate of drug-likeness (QED) is 0.796. The first-order valence-electron chi connectivity index (χ1n) is 6.55. The number of nitrogens with zero attached hydrogens (tertiary/aromatic N) is 3. The second-order valence-corrected chi connectivity index (χ2v) is 5.03. The number of H-pyrrole nitrogens is 1. The smallest absolute Gasteiger partial charge is 0.311 e. The van der Waals surface area contributed by atoms with Crippen LogP contribution in [0.15, 0.2) is 46.2 Å². The van der Waals surface area contributed by atoms with E-state index in [1.807, 2.05) is 24.3 Å². The predicted molar refractivity (Wildman–Crippen MR) is 80.7 cm³/mol. The molecule has 21 heavy (non-hydrogen) atoms. The third-order valence-corrected chi connectivity index (χ3v) is 3.59. The summed E-state index contributed by atoms with van der Waals surface area (Å²) in [5, 5.41) is -0.0400. The van der Waals surface area contributed by atoms with E-state index in [-0.39, 0.29) is 16.4 Å². The molecule has 2 aromatic heterocycles. The number of aryl methyl sites for hydroxylation is 2. The third-order valence-electron chi connectivity index (χ3n) is 3.33. The second-order valence-electron chi connectivity index (χ2n) is 4.67. The number of hydrogen-bond acceptors (Lipinski definition) is 3. The Morgan fingerprint density at radius 2 is 2.00 bits per heavy atom. The first-order chi connectivity index (χ1) is 10.2. The summed E-state index contributed by atoms with van der Waals surface area (Å²) in [7, 11) is 0. The zero-order valence-electron chi connectivity index (χ0n) is 11.1. The van der Waals surface area contributed by atoms with Gasteiger partial charge in [0.2, 0.25) is 0 Å². The van der Waals surface area contributed by atoms with Crippen molar-refractivity contribution in [3.63, 3.8) is 0 Å². The van der Waals surface area contributed by atoms with Gasteiger partial charge in [-0.3, -0.25) is 9.36 Å². The van der Waals surface area contributed by atoms with Gasteiger partial charge in [-0.25, -0.2) is 9.78 Å². The van der Waals surface area contributed by atoms with Crippen LogP contribution in [0.5, 0.6) is 0 Å². The van der Waals surface area contributed by atoms with Gasteiger partial charge in [0.05, 0.1) is 11.0 Å². The van der Waals surface area contributed by atoms with E-state index in [4.69, 9.17) is 11.6 Å². The number of benzene rings is 1. The fourth-order valence-electron chi connectivity index (χ4n) is 2.32. The SMILES string of the molecule is O=c1c(Cl)nccn1CCCn1c(=O)[nH]c2ccccc21. The van der Waals surface area contributed by atoms with Crippen LogP contribution >= 0.6 is 11.6 Å². The molecule has 1 N–H and O–H groups in total. The summed E-state index contributed by atoms with van der Waals surface area (Å²) in [6, 6.07) is 7.52. The maximum atomic E-state index is 11.9. The minimum Gasteiger partial charge on any atom is -0.311 e. The zero-order chi connectivity index (χ0) is 14.8. The van der Waals surface area contributed by atoms with Gasteiger partial charge in [-0.15, -0.1) is 0 Å². The summed E-state index contributed by atoms with van der Waals surface area (Å²) in [5.41, 5.74) is 1.22. The van der Waals surface area contributed by atoms with Crippen LogP contribution in [0.2, 0.25) is 5.15 Å². The fraction of sp³-hybridized carbons (Fsp3) is 0.214. The van der Waals surface area contributed by atoms with Crippen LogP contribution in [0, 0.1) is 0 Å². The van der Waals surface area contributed by atoms with Crippen LogP contribution in [-0.4, -0.2) is 19.1 Å². The molecule has 3 aromatic rings. The lowest BCUT2D eigenvalue weighted by Crippen LogP contribution is -2.23. The van der Waals surface area contributed by atoms with Crippen LogP contribution in [0.25, 0.3) is 11.0 Å². The molecule has 6 nitrogen and oxygen atoms in total. The molecule has 0 saturated heterocycles. The molecule has 2 heterocycles. The monoisotopic (exact) mass is 304 g/mol. The molecule has 0 radical (unpaired) electrons. The third kappa shape index (κ3) is 2.62. The van der Waals surface area contributed by atoms with Crippen molar-refractivity contribution in [1.82, 2.24) is 19.1 Å². The lowest BCUT2D eigenvalue weighted by atomic mass is 10.3. The summed E-state index contributed by atoms with van der Waals surface area (Å²) >= 11 is 5.69. The standard InChI is InChI=1S/C14H13ClN4O2/c15-12-13(20)18(9-6-16-12)7-3-8-19-11-5-2-1-4-10(11)17-14(19)21/h1-2,4-6,9H,3,7-8H2,(H,17,21). The summed E-state index contributed by atoms with van der Waals surface area (Å²) < 4.78 is 3.17. The summed E-state index contributed by atoms with van der Waals surface area (Å²) in [6.07, 6.45) is 3.72. The van der Waals surface area contributed by atoms with Gasteiger partial charge >= 0.3 is 5.69 Å². The van der Waals surface area contributed by atoms with Crippen LogP contribution in [0.4, 0.5) is 0 Å². The lowest BCUT2D eigenvalue weighted by molar-refractivity contribution is 0.550. The highest BCUT2D eigenvalue weighted by atomic mass is 35.5. The number of imidazole rings is 1.